The van der Waals surface area contributed by atoms with Crippen molar-refractivity contribution in [2.75, 3.05) is 0 Å². The molecule has 1 unspecified atom stereocenters. The zero-order valence-electron chi connectivity index (χ0n) is 16.8. The highest BCUT2D eigenvalue weighted by atomic mass is 19.3. The first-order chi connectivity index (χ1) is 11.3. The Hall–Kier alpha value is -1.64. The van der Waals surface area contributed by atoms with E-state index in [0.29, 0.717) is 0 Å². The van der Waals surface area contributed by atoms with Crippen molar-refractivity contribution < 1.29 is 13.5 Å². The van der Waals surface area contributed by atoms with Crippen LogP contribution in [0.3, 0.4) is 0 Å². The molecule has 0 bridgehead atoms. The molecule has 25 heavy (non-hydrogen) atoms. The average Bonchev–Trinajstić information content (AvgIpc) is 2.55. The Labute approximate surface area is 151 Å². The molecule has 1 aliphatic carbocycles. The highest BCUT2D eigenvalue weighted by Gasteiger charge is 2.38. The molecule has 0 amide bonds. The number of alkyl halides is 2. The first kappa shape index (κ1) is 21.4. The SMILES string of the molecule is CCC1(C)C=C(C)C=CC(C(F)(F)OC(C)=CC(C)(C)C=C(C)C)=C1. The van der Waals surface area contributed by atoms with Gasteiger partial charge in [-0.05, 0) is 46.3 Å². The summed E-state index contributed by atoms with van der Waals surface area (Å²) >= 11 is 0. The van der Waals surface area contributed by atoms with Crippen molar-refractivity contribution in [1.29, 1.82) is 0 Å². The van der Waals surface area contributed by atoms with Crippen LogP contribution in [-0.4, -0.2) is 6.11 Å². The molecule has 1 nitrogen and oxygen atoms in total. The van der Waals surface area contributed by atoms with Crippen molar-refractivity contribution in [3.8, 4) is 0 Å². The quantitative estimate of drug-likeness (QED) is 0.359. The lowest BCUT2D eigenvalue weighted by Gasteiger charge is -2.25. The van der Waals surface area contributed by atoms with Gasteiger partial charge in [-0.2, -0.15) is 8.78 Å². The number of ether oxygens (including phenoxy) is 1. The van der Waals surface area contributed by atoms with Crippen LogP contribution in [0.2, 0.25) is 0 Å². The molecule has 140 valence electrons. The van der Waals surface area contributed by atoms with Crippen LogP contribution in [-0.2, 0) is 4.74 Å². The third-order valence-corrected chi connectivity index (χ3v) is 4.19. The maximum Gasteiger partial charge on any atom is 0.426 e. The molecule has 0 aromatic carbocycles. The van der Waals surface area contributed by atoms with Crippen molar-refractivity contribution >= 4 is 0 Å². The second-order valence-electron chi connectivity index (χ2n) is 8.10. The zero-order valence-corrected chi connectivity index (χ0v) is 16.8. The molecular weight excluding hydrogens is 318 g/mol. The Morgan fingerprint density at radius 1 is 1.12 bits per heavy atom. The van der Waals surface area contributed by atoms with Gasteiger partial charge >= 0.3 is 6.11 Å². The number of rotatable bonds is 6. The third kappa shape index (κ3) is 6.64. The Morgan fingerprint density at radius 2 is 1.72 bits per heavy atom. The predicted octanol–water partition coefficient (Wildman–Crippen LogP) is 7.35. The maximum absolute atomic E-state index is 14.8. The Morgan fingerprint density at radius 3 is 2.24 bits per heavy atom. The van der Waals surface area contributed by atoms with Gasteiger partial charge in [-0.25, -0.2) is 0 Å². The van der Waals surface area contributed by atoms with E-state index in [4.69, 9.17) is 4.74 Å². The van der Waals surface area contributed by atoms with E-state index in [9.17, 15) is 8.78 Å². The second-order valence-corrected chi connectivity index (χ2v) is 8.10. The van der Waals surface area contributed by atoms with Crippen LogP contribution in [0.1, 0.15) is 61.8 Å². The summed E-state index contributed by atoms with van der Waals surface area (Å²) < 4.78 is 34.6. The van der Waals surface area contributed by atoms with Gasteiger partial charge in [-0.15, -0.1) is 0 Å². The lowest BCUT2D eigenvalue weighted by atomic mass is 9.84. The van der Waals surface area contributed by atoms with Gasteiger partial charge in [0.25, 0.3) is 0 Å². The number of halogens is 2. The molecule has 0 aromatic heterocycles. The predicted molar refractivity (Wildman–Crippen MR) is 102 cm³/mol. The molecule has 0 saturated heterocycles. The van der Waals surface area contributed by atoms with E-state index in [0.717, 1.165) is 17.6 Å². The first-order valence-corrected chi connectivity index (χ1v) is 8.82. The molecule has 0 aliphatic heterocycles. The standard InChI is InChI=1S/C22H32F2O/c1-9-21(8)13-17(4)10-11-19(15-21)22(23,24)25-18(5)14-20(6,7)12-16(2)3/h10-15H,9H2,1-8H3. The summed E-state index contributed by atoms with van der Waals surface area (Å²) in [5, 5.41) is 0. The van der Waals surface area contributed by atoms with E-state index in [1.165, 1.54) is 6.08 Å². The molecule has 0 fully saturated rings. The summed E-state index contributed by atoms with van der Waals surface area (Å²) in [7, 11) is 0. The molecule has 0 heterocycles. The zero-order chi connectivity index (χ0) is 19.5. The molecule has 0 aromatic rings. The van der Waals surface area contributed by atoms with Gasteiger partial charge in [-0.1, -0.05) is 63.1 Å². The molecule has 1 aliphatic rings. The average molecular weight is 350 g/mol. The maximum atomic E-state index is 14.8. The van der Waals surface area contributed by atoms with Crippen LogP contribution in [0.4, 0.5) is 8.78 Å². The molecule has 0 spiro atoms. The Bertz CT molecular complexity index is 641. The monoisotopic (exact) mass is 350 g/mol. The van der Waals surface area contributed by atoms with Crippen molar-refractivity contribution in [3.05, 3.63) is 58.9 Å². The molecule has 3 heteroatoms. The van der Waals surface area contributed by atoms with Crippen molar-refractivity contribution in [2.24, 2.45) is 10.8 Å². The Balaban J connectivity index is 3.13. The largest absolute Gasteiger partial charge is 0.434 e. The van der Waals surface area contributed by atoms with Gasteiger partial charge in [0, 0.05) is 10.8 Å². The summed E-state index contributed by atoms with van der Waals surface area (Å²) in [6.07, 6.45) is 7.96. The number of hydrogen-bond donors (Lipinski definition) is 0. The molecule has 0 N–H and O–H groups in total. The van der Waals surface area contributed by atoms with Gasteiger partial charge < -0.3 is 4.74 Å². The van der Waals surface area contributed by atoms with Gasteiger partial charge in [0.1, 0.15) is 0 Å². The second kappa shape index (κ2) is 7.72. The van der Waals surface area contributed by atoms with Crippen LogP contribution < -0.4 is 0 Å². The number of hydrogen-bond acceptors (Lipinski definition) is 1. The van der Waals surface area contributed by atoms with E-state index in [-0.39, 0.29) is 16.7 Å². The van der Waals surface area contributed by atoms with Crippen molar-refractivity contribution in [3.63, 3.8) is 0 Å². The first-order valence-electron chi connectivity index (χ1n) is 8.82. The molecule has 0 saturated carbocycles. The smallest absolute Gasteiger partial charge is 0.426 e. The topological polar surface area (TPSA) is 9.23 Å². The minimum atomic E-state index is -3.37. The minimum Gasteiger partial charge on any atom is -0.434 e. The van der Waals surface area contributed by atoms with Gasteiger partial charge in [0.2, 0.25) is 0 Å². The summed E-state index contributed by atoms with van der Waals surface area (Å²) in [6.45, 7) is 15.4. The number of allylic oxidation sites excluding steroid dienone is 8. The van der Waals surface area contributed by atoms with Gasteiger partial charge in [0.05, 0.1) is 11.3 Å². The van der Waals surface area contributed by atoms with Crippen LogP contribution >= 0.6 is 0 Å². The summed E-state index contributed by atoms with van der Waals surface area (Å²) in [5.41, 5.74) is 1.26. The molecule has 0 radical (unpaired) electrons. The molecule has 1 atom stereocenters. The lowest BCUT2D eigenvalue weighted by molar-refractivity contribution is -0.180. The molecule has 1 rings (SSSR count). The van der Waals surface area contributed by atoms with E-state index in [2.05, 4.69) is 0 Å². The van der Waals surface area contributed by atoms with Crippen molar-refractivity contribution in [1.82, 2.24) is 0 Å². The van der Waals surface area contributed by atoms with Crippen LogP contribution in [0.25, 0.3) is 0 Å². The normalized spacial score (nSPS) is 22.1. The Kier molecular flexibility index (Phi) is 6.61. The lowest BCUT2D eigenvalue weighted by Crippen LogP contribution is -2.24. The summed E-state index contributed by atoms with van der Waals surface area (Å²) in [5.74, 6) is 0.217. The van der Waals surface area contributed by atoms with E-state index in [1.54, 1.807) is 25.2 Å². The van der Waals surface area contributed by atoms with Crippen LogP contribution in [0, 0.1) is 10.8 Å². The van der Waals surface area contributed by atoms with E-state index >= 15 is 0 Å². The third-order valence-electron chi connectivity index (χ3n) is 4.19. The summed E-state index contributed by atoms with van der Waals surface area (Å²) in [4.78, 5) is 0. The van der Waals surface area contributed by atoms with Crippen molar-refractivity contribution in [2.45, 2.75) is 67.9 Å². The molecular formula is C22H32F2O. The summed E-state index contributed by atoms with van der Waals surface area (Å²) in [6, 6.07) is 0. The minimum absolute atomic E-state index is 0.0993. The van der Waals surface area contributed by atoms with Crippen LogP contribution in [0.5, 0.6) is 0 Å². The fraction of sp³-hybridized carbons (Fsp3) is 0.545. The van der Waals surface area contributed by atoms with Crippen LogP contribution in [0.15, 0.2) is 58.9 Å². The van der Waals surface area contributed by atoms with E-state index in [1.807, 2.05) is 60.6 Å². The fourth-order valence-electron chi connectivity index (χ4n) is 3.22. The van der Waals surface area contributed by atoms with E-state index < -0.39 is 11.5 Å². The van der Waals surface area contributed by atoms with Gasteiger partial charge in [0.15, 0.2) is 0 Å². The highest BCUT2D eigenvalue weighted by molar-refractivity contribution is 5.38. The highest BCUT2D eigenvalue weighted by Crippen LogP contribution is 2.38. The van der Waals surface area contributed by atoms with Gasteiger partial charge in [-0.3, -0.25) is 0 Å². The fourth-order valence-corrected chi connectivity index (χ4v) is 3.22.